The number of benzene rings is 1. The van der Waals surface area contributed by atoms with Gasteiger partial charge in [-0.25, -0.2) is 0 Å². The van der Waals surface area contributed by atoms with E-state index in [0.29, 0.717) is 16.9 Å². The van der Waals surface area contributed by atoms with Gasteiger partial charge in [-0.15, -0.1) is 0 Å². The molecule has 0 heterocycles. The average Bonchev–Trinajstić information content (AvgIpc) is 2.27. The fraction of sp³-hybridized carbons (Fsp3) is 0.300. The average molecular weight is 304 g/mol. The molecule has 0 saturated carbocycles. The number of hydrogen-bond acceptors (Lipinski definition) is 4. The number of ether oxygens (including phenoxy) is 1. The molecule has 0 atom stereocenters. The molecule has 0 spiro atoms. The van der Waals surface area contributed by atoms with Gasteiger partial charge in [0.2, 0.25) is 0 Å². The highest BCUT2D eigenvalue weighted by molar-refractivity contribution is 9.08. The Morgan fingerprint density at radius 3 is 2.59 bits per heavy atom. The molecule has 0 aromatic heterocycles. The first kappa shape index (κ1) is 13.4. The van der Waals surface area contributed by atoms with E-state index in [2.05, 4.69) is 15.9 Å². The number of hydrogen-bond donors (Lipinski definition) is 1. The number of carboxylic acids is 1. The van der Waals surface area contributed by atoms with E-state index in [0.717, 1.165) is 0 Å². The zero-order chi connectivity index (χ0) is 13.0. The first-order chi connectivity index (χ1) is 8.01. The maximum Gasteiger partial charge on any atom is 0.307 e. The van der Waals surface area contributed by atoms with Crippen molar-refractivity contribution in [3.63, 3.8) is 0 Å². The Morgan fingerprint density at radius 2 is 2.18 bits per heavy atom. The third-order valence-electron chi connectivity index (χ3n) is 2.24. The van der Waals surface area contributed by atoms with Gasteiger partial charge in [0, 0.05) is 22.5 Å². The van der Waals surface area contributed by atoms with E-state index in [1.807, 2.05) is 0 Å². The molecular weight excluding hydrogens is 294 g/mol. The van der Waals surface area contributed by atoms with Gasteiger partial charge in [0.05, 0.1) is 18.5 Å². The van der Waals surface area contributed by atoms with Gasteiger partial charge in [0.25, 0.3) is 5.69 Å². The summed E-state index contributed by atoms with van der Waals surface area (Å²) in [4.78, 5) is 21.0. The minimum Gasteiger partial charge on any atom is -0.496 e. The number of nitrogens with zero attached hydrogens (tertiary/aromatic N) is 1. The van der Waals surface area contributed by atoms with Gasteiger partial charge >= 0.3 is 5.97 Å². The quantitative estimate of drug-likeness (QED) is 0.511. The van der Waals surface area contributed by atoms with E-state index in [1.165, 1.54) is 19.2 Å². The molecule has 7 heteroatoms. The van der Waals surface area contributed by atoms with Gasteiger partial charge in [-0.05, 0) is 6.07 Å². The van der Waals surface area contributed by atoms with Gasteiger partial charge in [0.15, 0.2) is 0 Å². The fourth-order valence-corrected chi connectivity index (χ4v) is 2.14. The Labute approximate surface area is 105 Å². The second-order valence-electron chi connectivity index (χ2n) is 3.21. The number of alkyl halides is 1. The highest BCUT2D eigenvalue weighted by Crippen LogP contribution is 2.32. The molecule has 6 nitrogen and oxygen atoms in total. The van der Waals surface area contributed by atoms with E-state index < -0.39 is 10.9 Å². The Balaban J connectivity index is 3.42. The highest BCUT2D eigenvalue weighted by Gasteiger charge is 2.21. The van der Waals surface area contributed by atoms with Crippen LogP contribution in [0.3, 0.4) is 0 Å². The van der Waals surface area contributed by atoms with Crippen LogP contribution >= 0.6 is 15.9 Å². The maximum absolute atomic E-state index is 10.8. The van der Waals surface area contributed by atoms with Crippen molar-refractivity contribution >= 4 is 27.6 Å². The zero-order valence-electron chi connectivity index (χ0n) is 8.97. The number of nitro groups is 1. The van der Waals surface area contributed by atoms with E-state index in [-0.39, 0.29) is 17.4 Å². The van der Waals surface area contributed by atoms with Crippen molar-refractivity contribution in [1.29, 1.82) is 0 Å². The molecule has 92 valence electrons. The lowest BCUT2D eigenvalue weighted by Crippen LogP contribution is -2.07. The molecule has 0 aliphatic rings. The molecule has 1 N–H and O–H groups in total. The van der Waals surface area contributed by atoms with Crippen LogP contribution in [0, 0.1) is 10.1 Å². The number of rotatable bonds is 5. The first-order valence-corrected chi connectivity index (χ1v) is 5.74. The second kappa shape index (κ2) is 5.62. The number of methoxy groups -OCH3 is 1. The molecule has 1 rings (SSSR count). The van der Waals surface area contributed by atoms with E-state index in [4.69, 9.17) is 9.84 Å². The molecule has 0 aliphatic carbocycles. The normalized spacial score (nSPS) is 10.0. The second-order valence-corrected chi connectivity index (χ2v) is 3.77. The van der Waals surface area contributed by atoms with Crippen LogP contribution in [0.5, 0.6) is 5.75 Å². The van der Waals surface area contributed by atoms with E-state index in [9.17, 15) is 14.9 Å². The molecule has 1 aromatic carbocycles. The summed E-state index contributed by atoms with van der Waals surface area (Å²) in [5, 5.41) is 19.8. The monoisotopic (exact) mass is 303 g/mol. The molecule has 0 bridgehead atoms. The standard InChI is InChI=1S/C10H10BrNO5/c1-17-9-3-2-8(12(15)16)7(5-11)6(9)4-10(13)14/h2-3H,4-5H2,1H3,(H,13,14). The van der Waals surface area contributed by atoms with Crippen LogP contribution in [0.25, 0.3) is 0 Å². The predicted molar refractivity (Wildman–Crippen MR) is 63.6 cm³/mol. The summed E-state index contributed by atoms with van der Waals surface area (Å²) in [5.74, 6) is -0.724. The number of nitro benzene ring substituents is 1. The van der Waals surface area contributed by atoms with Crippen molar-refractivity contribution < 1.29 is 19.6 Å². The number of halogens is 1. The summed E-state index contributed by atoms with van der Waals surface area (Å²) in [6.45, 7) is 0. The lowest BCUT2D eigenvalue weighted by atomic mass is 10.0. The van der Waals surface area contributed by atoms with Crippen molar-refractivity contribution in [2.24, 2.45) is 0 Å². The molecule has 0 radical (unpaired) electrons. The Morgan fingerprint density at radius 1 is 1.53 bits per heavy atom. The Hall–Kier alpha value is -1.63. The smallest absolute Gasteiger partial charge is 0.307 e. The van der Waals surface area contributed by atoms with E-state index in [1.54, 1.807) is 0 Å². The summed E-state index contributed by atoms with van der Waals surface area (Å²) in [7, 11) is 1.39. The topological polar surface area (TPSA) is 89.7 Å². The summed E-state index contributed by atoms with van der Waals surface area (Å²) in [6.07, 6.45) is -0.314. The van der Waals surface area contributed by atoms with Crippen LogP contribution < -0.4 is 4.74 Å². The summed E-state index contributed by atoms with van der Waals surface area (Å²) < 4.78 is 5.02. The summed E-state index contributed by atoms with van der Waals surface area (Å²) >= 11 is 3.13. The van der Waals surface area contributed by atoms with Crippen LogP contribution in [0.15, 0.2) is 12.1 Å². The molecule has 0 saturated heterocycles. The number of carbonyl (C=O) groups is 1. The third kappa shape index (κ3) is 2.94. The molecule has 0 aliphatic heterocycles. The fourth-order valence-electron chi connectivity index (χ4n) is 1.52. The lowest BCUT2D eigenvalue weighted by molar-refractivity contribution is -0.385. The van der Waals surface area contributed by atoms with Crippen molar-refractivity contribution in [1.82, 2.24) is 0 Å². The zero-order valence-corrected chi connectivity index (χ0v) is 10.6. The van der Waals surface area contributed by atoms with Crippen molar-refractivity contribution in [2.75, 3.05) is 7.11 Å². The first-order valence-electron chi connectivity index (χ1n) is 4.62. The molecular formula is C10H10BrNO5. The van der Waals surface area contributed by atoms with Crippen molar-refractivity contribution in [2.45, 2.75) is 11.8 Å². The SMILES string of the molecule is COc1ccc([N+](=O)[O-])c(CBr)c1CC(=O)O. The van der Waals surface area contributed by atoms with Crippen LogP contribution in [0.4, 0.5) is 5.69 Å². The molecule has 0 fully saturated rings. The molecule has 0 unspecified atom stereocenters. The van der Waals surface area contributed by atoms with Crippen molar-refractivity contribution in [3.05, 3.63) is 33.4 Å². The number of carboxylic acid groups (broad SMARTS) is 1. The lowest BCUT2D eigenvalue weighted by Gasteiger charge is -2.11. The summed E-state index contributed by atoms with van der Waals surface area (Å²) in [5.41, 5.74) is 0.543. The molecule has 0 amide bonds. The molecule has 17 heavy (non-hydrogen) atoms. The third-order valence-corrected chi connectivity index (χ3v) is 2.80. The van der Waals surface area contributed by atoms with Gasteiger partial charge in [-0.1, -0.05) is 15.9 Å². The van der Waals surface area contributed by atoms with Gasteiger partial charge in [-0.2, -0.15) is 0 Å². The van der Waals surface area contributed by atoms with Crippen LogP contribution in [0.2, 0.25) is 0 Å². The van der Waals surface area contributed by atoms with E-state index >= 15 is 0 Å². The number of aliphatic carboxylic acids is 1. The Kier molecular flexibility index (Phi) is 4.45. The predicted octanol–water partition coefficient (Wildman–Crippen LogP) is 2.13. The largest absolute Gasteiger partial charge is 0.496 e. The van der Waals surface area contributed by atoms with Crippen LogP contribution in [0.1, 0.15) is 11.1 Å². The maximum atomic E-state index is 10.8. The minimum atomic E-state index is -1.06. The minimum absolute atomic E-state index is 0.112. The van der Waals surface area contributed by atoms with Crippen LogP contribution in [-0.2, 0) is 16.5 Å². The molecule has 1 aromatic rings. The van der Waals surface area contributed by atoms with Gasteiger partial charge < -0.3 is 9.84 Å². The van der Waals surface area contributed by atoms with Gasteiger partial charge in [0.1, 0.15) is 5.75 Å². The van der Waals surface area contributed by atoms with Gasteiger partial charge in [-0.3, -0.25) is 14.9 Å². The Bertz CT molecular complexity index is 460. The highest BCUT2D eigenvalue weighted by atomic mass is 79.9. The van der Waals surface area contributed by atoms with Crippen molar-refractivity contribution in [3.8, 4) is 5.75 Å². The summed E-state index contributed by atoms with van der Waals surface area (Å²) in [6, 6.07) is 2.71. The van der Waals surface area contributed by atoms with Crippen LogP contribution in [-0.4, -0.2) is 23.1 Å².